The van der Waals surface area contributed by atoms with Crippen molar-refractivity contribution in [1.29, 1.82) is 0 Å². The Hall–Kier alpha value is -1.54. The van der Waals surface area contributed by atoms with Crippen LogP contribution in [0, 0.1) is 5.41 Å². The van der Waals surface area contributed by atoms with Crippen LogP contribution in [0.4, 0.5) is 4.79 Å². The van der Waals surface area contributed by atoms with E-state index in [0.29, 0.717) is 13.0 Å². The van der Waals surface area contributed by atoms with Gasteiger partial charge in [-0.15, -0.1) is 0 Å². The predicted octanol–water partition coefficient (Wildman–Crippen LogP) is 4.29. The monoisotopic (exact) mass is 435 g/mol. The molecule has 2 atom stereocenters. The molecule has 1 aliphatic carbocycles. The third kappa shape index (κ3) is 4.95. The van der Waals surface area contributed by atoms with Gasteiger partial charge in [0, 0.05) is 6.54 Å². The second-order valence-corrected chi connectivity index (χ2v) is 11.2. The molecular weight excluding hydrogens is 397 g/mol. The van der Waals surface area contributed by atoms with E-state index >= 15 is 0 Å². The Morgan fingerprint density at radius 2 is 1.81 bits per heavy atom. The molecule has 1 amide bonds. The number of esters is 1. The minimum absolute atomic E-state index is 0.165. The first kappa shape index (κ1) is 24.1. The van der Waals surface area contributed by atoms with Gasteiger partial charge >= 0.3 is 19.2 Å². The van der Waals surface area contributed by atoms with Gasteiger partial charge in [0.15, 0.2) is 0 Å². The van der Waals surface area contributed by atoms with Crippen LogP contribution in [0.1, 0.15) is 81.1 Å². The zero-order valence-electron chi connectivity index (χ0n) is 20.4. The van der Waals surface area contributed by atoms with E-state index in [1.54, 1.807) is 11.8 Å². The second kappa shape index (κ2) is 8.11. The molecule has 174 valence electrons. The number of carbonyl (C=O) groups excluding carboxylic acids is 2. The van der Waals surface area contributed by atoms with E-state index in [4.69, 9.17) is 18.8 Å². The van der Waals surface area contributed by atoms with Gasteiger partial charge in [0.05, 0.1) is 17.8 Å². The van der Waals surface area contributed by atoms with Crippen molar-refractivity contribution in [2.45, 2.75) is 104 Å². The van der Waals surface area contributed by atoms with Crippen LogP contribution < -0.4 is 0 Å². The molecule has 31 heavy (non-hydrogen) atoms. The fourth-order valence-electron chi connectivity index (χ4n) is 4.52. The van der Waals surface area contributed by atoms with Gasteiger partial charge in [0.2, 0.25) is 0 Å². The lowest BCUT2D eigenvalue weighted by atomic mass is 9.65. The summed E-state index contributed by atoms with van der Waals surface area (Å²) in [6.45, 7) is 16.3. The van der Waals surface area contributed by atoms with Gasteiger partial charge in [0.25, 0.3) is 0 Å². The molecule has 1 spiro atoms. The van der Waals surface area contributed by atoms with E-state index in [9.17, 15) is 9.59 Å². The normalized spacial score (nSPS) is 29.8. The molecule has 0 saturated carbocycles. The van der Waals surface area contributed by atoms with Crippen LogP contribution in [0.25, 0.3) is 0 Å². The van der Waals surface area contributed by atoms with Crippen molar-refractivity contribution in [2.24, 2.45) is 5.41 Å². The van der Waals surface area contributed by atoms with Gasteiger partial charge in [-0.1, -0.05) is 6.08 Å². The molecule has 3 rings (SSSR count). The summed E-state index contributed by atoms with van der Waals surface area (Å²) in [5, 5.41) is 0. The number of amides is 1. The number of nitrogens with zero attached hydrogens (tertiary/aromatic N) is 1. The lowest BCUT2D eigenvalue weighted by Gasteiger charge is -2.33. The molecule has 2 fully saturated rings. The van der Waals surface area contributed by atoms with Crippen molar-refractivity contribution in [3.63, 3.8) is 0 Å². The fourth-order valence-corrected chi connectivity index (χ4v) is 4.52. The van der Waals surface area contributed by atoms with Crippen LogP contribution in [0.5, 0.6) is 0 Å². The summed E-state index contributed by atoms with van der Waals surface area (Å²) in [6, 6.07) is -0.610. The molecule has 0 aromatic heterocycles. The number of hydrogen-bond acceptors (Lipinski definition) is 6. The zero-order valence-corrected chi connectivity index (χ0v) is 20.4. The van der Waals surface area contributed by atoms with Gasteiger partial charge in [-0.2, -0.15) is 0 Å². The minimum atomic E-state index is -0.623. The first-order valence-corrected chi connectivity index (χ1v) is 11.4. The maximum atomic E-state index is 12.9. The van der Waals surface area contributed by atoms with Gasteiger partial charge < -0.3 is 18.8 Å². The number of carbonyl (C=O) groups is 2. The predicted molar refractivity (Wildman–Crippen MR) is 118 cm³/mol. The van der Waals surface area contributed by atoms with Crippen molar-refractivity contribution in [2.75, 3.05) is 13.2 Å². The standard InChI is InChI=1S/C23H38BNO6/c1-9-28-18(26)17-14-23(15-25(17)19(27)29-20(2,3)4)12-10-16(11-13-23)24-30-21(5,6)22(7,8)31-24/h10,17H,9,11-15H2,1-8H3. The third-order valence-corrected chi connectivity index (χ3v) is 6.99. The zero-order chi connectivity index (χ0) is 23.2. The molecule has 0 N–H and O–H groups in total. The Balaban J connectivity index is 1.75. The van der Waals surface area contributed by atoms with Crippen LogP contribution in [0.15, 0.2) is 11.5 Å². The lowest BCUT2D eigenvalue weighted by molar-refractivity contribution is -0.148. The summed E-state index contributed by atoms with van der Waals surface area (Å²) in [6.07, 6.45) is 4.75. The fraction of sp³-hybridized carbons (Fsp3) is 0.826. The van der Waals surface area contributed by atoms with Crippen LogP contribution >= 0.6 is 0 Å². The highest BCUT2D eigenvalue weighted by Crippen LogP contribution is 2.48. The van der Waals surface area contributed by atoms with Gasteiger partial charge in [-0.3, -0.25) is 4.90 Å². The highest BCUT2D eigenvalue weighted by atomic mass is 16.7. The smallest absolute Gasteiger partial charge is 0.464 e. The minimum Gasteiger partial charge on any atom is -0.464 e. The number of ether oxygens (including phenoxy) is 2. The molecule has 0 aromatic rings. The van der Waals surface area contributed by atoms with Crippen molar-refractivity contribution >= 4 is 19.2 Å². The highest BCUT2D eigenvalue weighted by molar-refractivity contribution is 6.54. The first-order chi connectivity index (χ1) is 14.2. The van der Waals surface area contributed by atoms with E-state index < -0.39 is 17.7 Å². The molecule has 0 bridgehead atoms. The topological polar surface area (TPSA) is 74.3 Å². The van der Waals surface area contributed by atoms with Crippen molar-refractivity contribution in [3.05, 3.63) is 11.5 Å². The van der Waals surface area contributed by atoms with Crippen molar-refractivity contribution in [3.8, 4) is 0 Å². The lowest BCUT2D eigenvalue weighted by Crippen LogP contribution is -2.44. The average Bonchev–Trinajstić information content (AvgIpc) is 3.09. The molecule has 2 aliphatic heterocycles. The quantitative estimate of drug-likeness (QED) is 0.487. The first-order valence-electron chi connectivity index (χ1n) is 11.4. The van der Waals surface area contributed by atoms with Crippen LogP contribution in [0.2, 0.25) is 0 Å². The SMILES string of the molecule is CCOC(=O)C1CC2(CC=C(B3OC(C)(C)C(C)(C)O3)CC2)CN1C(=O)OC(C)(C)C. The summed E-state index contributed by atoms with van der Waals surface area (Å²) < 4.78 is 23.3. The second-order valence-electron chi connectivity index (χ2n) is 11.2. The van der Waals surface area contributed by atoms with E-state index in [-0.39, 0.29) is 36.3 Å². The van der Waals surface area contributed by atoms with E-state index in [1.807, 2.05) is 20.8 Å². The Morgan fingerprint density at radius 1 is 1.19 bits per heavy atom. The van der Waals surface area contributed by atoms with Crippen LogP contribution in [-0.4, -0.2) is 60.1 Å². The molecular formula is C23H38BNO6. The number of hydrogen-bond donors (Lipinski definition) is 0. The maximum Gasteiger partial charge on any atom is 0.490 e. The summed E-state index contributed by atoms with van der Waals surface area (Å²) >= 11 is 0. The van der Waals surface area contributed by atoms with Crippen LogP contribution in [-0.2, 0) is 23.6 Å². The molecule has 2 heterocycles. The number of likely N-dealkylation sites (tertiary alicyclic amines) is 1. The van der Waals surface area contributed by atoms with Gasteiger partial charge in [0.1, 0.15) is 11.6 Å². The van der Waals surface area contributed by atoms with Crippen molar-refractivity contribution < 1.29 is 28.4 Å². The molecule has 2 unspecified atom stereocenters. The van der Waals surface area contributed by atoms with E-state index in [2.05, 4.69) is 33.8 Å². The Morgan fingerprint density at radius 3 is 2.29 bits per heavy atom. The van der Waals surface area contributed by atoms with Crippen LogP contribution in [0.3, 0.4) is 0 Å². The number of rotatable bonds is 3. The molecule has 0 aromatic carbocycles. The molecule has 2 saturated heterocycles. The van der Waals surface area contributed by atoms with Crippen molar-refractivity contribution in [1.82, 2.24) is 4.90 Å². The summed E-state index contributed by atoms with van der Waals surface area (Å²) in [5.41, 5.74) is -0.385. The molecule has 8 heteroatoms. The largest absolute Gasteiger partial charge is 0.490 e. The Labute approximate surface area is 186 Å². The maximum absolute atomic E-state index is 12.9. The highest BCUT2D eigenvalue weighted by Gasteiger charge is 2.55. The van der Waals surface area contributed by atoms with Gasteiger partial charge in [-0.05, 0) is 92.0 Å². The van der Waals surface area contributed by atoms with E-state index in [0.717, 1.165) is 24.7 Å². The third-order valence-electron chi connectivity index (χ3n) is 6.99. The molecule has 7 nitrogen and oxygen atoms in total. The molecule has 0 radical (unpaired) electrons. The van der Waals surface area contributed by atoms with E-state index in [1.165, 1.54) is 0 Å². The van der Waals surface area contributed by atoms with Gasteiger partial charge in [-0.25, -0.2) is 9.59 Å². The summed E-state index contributed by atoms with van der Waals surface area (Å²) in [7, 11) is -0.341. The summed E-state index contributed by atoms with van der Waals surface area (Å²) in [5.74, 6) is -0.356. The number of allylic oxidation sites excluding steroid dienone is 2. The Kier molecular flexibility index (Phi) is 6.31. The Bertz CT molecular complexity index is 740. The summed E-state index contributed by atoms with van der Waals surface area (Å²) in [4.78, 5) is 27.1. The molecule has 3 aliphatic rings. The average molecular weight is 435 g/mol.